The number of amides is 2. The van der Waals surface area contributed by atoms with Crippen LogP contribution in [0.4, 0.5) is 0 Å². The number of nitrogens with zero attached hydrogens (tertiary/aromatic N) is 1. The zero-order chi connectivity index (χ0) is 18.7. The van der Waals surface area contributed by atoms with Gasteiger partial charge in [0, 0.05) is 18.6 Å². The Kier molecular flexibility index (Phi) is 7.50. The molecule has 6 nitrogen and oxygen atoms in total. The van der Waals surface area contributed by atoms with E-state index in [1.54, 1.807) is 25.3 Å². The number of carbonyl (C=O) groups excluding carboxylic acids is 2. The van der Waals surface area contributed by atoms with Gasteiger partial charge in [0.1, 0.15) is 11.8 Å². The summed E-state index contributed by atoms with van der Waals surface area (Å²) in [5.74, 6) is 0.296. The van der Waals surface area contributed by atoms with E-state index in [0.29, 0.717) is 11.3 Å². The average Bonchev–Trinajstić information content (AvgIpc) is 2.91. The van der Waals surface area contributed by atoms with Gasteiger partial charge in [-0.05, 0) is 43.9 Å². The molecule has 1 aromatic rings. The Morgan fingerprint density at radius 2 is 1.89 bits per heavy atom. The highest BCUT2D eigenvalue weighted by atomic mass is 35.5. The molecule has 0 aliphatic carbocycles. The molecule has 0 aromatic heterocycles. The number of fused-ring (bicyclic) bond motifs is 2. The maximum absolute atomic E-state index is 13.3. The third-order valence-electron chi connectivity index (χ3n) is 5.48. The van der Waals surface area contributed by atoms with E-state index in [1.165, 1.54) is 0 Å². The molecule has 3 unspecified atom stereocenters. The topological polar surface area (TPSA) is 70.7 Å². The van der Waals surface area contributed by atoms with Gasteiger partial charge in [-0.25, -0.2) is 0 Å². The molecule has 7 heteroatoms. The zero-order valence-electron chi connectivity index (χ0n) is 16.2. The van der Waals surface area contributed by atoms with Crippen LogP contribution >= 0.6 is 12.4 Å². The lowest BCUT2D eigenvalue weighted by molar-refractivity contribution is -0.137. The molecule has 0 radical (unpaired) electrons. The van der Waals surface area contributed by atoms with Gasteiger partial charge in [0.2, 0.25) is 5.91 Å². The fraction of sp³-hybridized carbons (Fsp3) is 0.600. The van der Waals surface area contributed by atoms with Crippen molar-refractivity contribution in [1.82, 2.24) is 15.5 Å². The van der Waals surface area contributed by atoms with Gasteiger partial charge in [-0.1, -0.05) is 26.0 Å². The Morgan fingerprint density at radius 3 is 2.59 bits per heavy atom. The number of para-hydroxylation sites is 1. The molecule has 150 valence electrons. The largest absolute Gasteiger partial charge is 0.496 e. The van der Waals surface area contributed by atoms with Crippen LogP contribution < -0.4 is 15.4 Å². The molecule has 2 heterocycles. The summed E-state index contributed by atoms with van der Waals surface area (Å²) in [6.45, 7) is 5.74. The van der Waals surface area contributed by atoms with Crippen LogP contribution in [0.5, 0.6) is 5.75 Å². The van der Waals surface area contributed by atoms with E-state index in [2.05, 4.69) is 10.6 Å². The van der Waals surface area contributed by atoms with E-state index in [4.69, 9.17) is 4.74 Å². The highest BCUT2D eigenvalue weighted by molar-refractivity contribution is 5.99. The summed E-state index contributed by atoms with van der Waals surface area (Å²) in [5.41, 5.74) is 0.453. The quantitative estimate of drug-likeness (QED) is 0.802. The van der Waals surface area contributed by atoms with Gasteiger partial charge in [-0.15, -0.1) is 12.4 Å². The van der Waals surface area contributed by atoms with Crippen molar-refractivity contribution in [1.29, 1.82) is 0 Å². The third kappa shape index (κ3) is 4.55. The Bertz CT molecular complexity index is 654. The monoisotopic (exact) mass is 395 g/mol. The summed E-state index contributed by atoms with van der Waals surface area (Å²) in [6.07, 6.45) is 3.07. The number of hydrogen-bond acceptors (Lipinski definition) is 4. The molecule has 2 aliphatic heterocycles. The summed E-state index contributed by atoms with van der Waals surface area (Å²) in [5, 5.41) is 6.38. The van der Waals surface area contributed by atoms with Gasteiger partial charge in [0.05, 0.1) is 12.7 Å². The molecule has 2 saturated heterocycles. The lowest BCUT2D eigenvalue weighted by Crippen LogP contribution is -2.55. The summed E-state index contributed by atoms with van der Waals surface area (Å²) < 4.78 is 5.28. The predicted molar refractivity (Wildman–Crippen MR) is 107 cm³/mol. The van der Waals surface area contributed by atoms with Crippen molar-refractivity contribution in [3.05, 3.63) is 29.8 Å². The Morgan fingerprint density at radius 1 is 1.19 bits per heavy atom. The number of halogens is 1. The van der Waals surface area contributed by atoms with E-state index in [0.717, 1.165) is 32.4 Å². The first-order valence-electron chi connectivity index (χ1n) is 9.49. The van der Waals surface area contributed by atoms with Crippen molar-refractivity contribution in [3.8, 4) is 5.75 Å². The number of benzene rings is 1. The maximum atomic E-state index is 13.3. The van der Waals surface area contributed by atoms with Crippen molar-refractivity contribution in [2.24, 2.45) is 5.92 Å². The number of hydrogen-bond donors (Lipinski definition) is 2. The average molecular weight is 396 g/mol. The minimum absolute atomic E-state index is 0. The molecule has 2 bridgehead atoms. The zero-order valence-corrected chi connectivity index (χ0v) is 17.1. The lowest BCUT2D eigenvalue weighted by atomic mass is 10.0. The molecule has 27 heavy (non-hydrogen) atoms. The van der Waals surface area contributed by atoms with Gasteiger partial charge >= 0.3 is 0 Å². The van der Waals surface area contributed by atoms with Crippen LogP contribution in [0.3, 0.4) is 0 Å². The molecule has 3 atom stereocenters. The highest BCUT2D eigenvalue weighted by Gasteiger charge is 2.41. The van der Waals surface area contributed by atoms with E-state index in [-0.39, 0.29) is 42.2 Å². The number of nitrogens with one attached hydrogen (secondary N) is 2. The smallest absolute Gasteiger partial charge is 0.255 e. The minimum Gasteiger partial charge on any atom is -0.496 e. The first-order valence-corrected chi connectivity index (χ1v) is 9.49. The predicted octanol–water partition coefficient (Wildman–Crippen LogP) is 2.22. The molecule has 2 amide bonds. The van der Waals surface area contributed by atoms with E-state index in [9.17, 15) is 9.59 Å². The Balaban J connectivity index is 0.00000261. The highest BCUT2D eigenvalue weighted by Crippen LogP contribution is 2.29. The van der Waals surface area contributed by atoms with Crippen LogP contribution in [0.1, 0.15) is 43.5 Å². The molecule has 0 spiro atoms. The van der Waals surface area contributed by atoms with Crippen LogP contribution in [0.15, 0.2) is 24.3 Å². The van der Waals surface area contributed by atoms with Crippen molar-refractivity contribution < 1.29 is 14.3 Å². The third-order valence-corrected chi connectivity index (χ3v) is 5.48. The van der Waals surface area contributed by atoms with Crippen molar-refractivity contribution in [2.45, 2.75) is 51.2 Å². The van der Waals surface area contributed by atoms with Crippen molar-refractivity contribution in [2.75, 3.05) is 20.2 Å². The molecule has 2 aliphatic rings. The van der Waals surface area contributed by atoms with Gasteiger partial charge in [0.15, 0.2) is 0 Å². The van der Waals surface area contributed by atoms with E-state index in [1.807, 2.05) is 24.8 Å². The van der Waals surface area contributed by atoms with Crippen molar-refractivity contribution >= 4 is 24.2 Å². The second kappa shape index (κ2) is 9.42. The minimum atomic E-state index is -0.534. The molecule has 2 N–H and O–H groups in total. The molecule has 3 rings (SSSR count). The van der Waals surface area contributed by atoms with Crippen molar-refractivity contribution in [3.63, 3.8) is 0 Å². The van der Waals surface area contributed by atoms with Crippen LogP contribution in [-0.4, -0.2) is 55.0 Å². The molecular weight excluding hydrogens is 366 g/mol. The van der Waals surface area contributed by atoms with Crippen LogP contribution in [0.2, 0.25) is 0 Å². The van der Waals surface area contributed by atoms with E-state index >= 15 is 0 Å². The number of methoxy groups -OCH3 is 1. The summed E-state index contributed by atoms with van der Waals surface area (Å²) >= 11 is 0. The second-order valence-corrected chi connectivity index (χ2v) is 7.52. The van der Waals surface area contributed by atoms with E-state index < -0.39 is 6.04 Å². The van der Waals surface area contributed by atoms with Gasteiger partial charge in [-0.3, -0.25) is 9.59 Å². The standard InChI is InChI=1S/C20H29N3O3.ClH/c1-13(2)18(22-19(24)16-6-4-5-7-17(16)26-3)20(25)23-14-8-9-15(23)12-21-11-10-14;/h4-7,13-15,18,21H,8-12H2,1-3H3,(H,22,24);1H. The molecule has 1 aromatic carbocycles. The van der Waals surface area contributed by atoms with Crippen LogP contribution in [0, 0.1) is 5.92 Å². The fourth-order valence-electron chi connectivity index (χ4n) is 4.07. The summed E-state index contributed by atoms with van der Waals surface area (Å²) in [4.78, 5) is 28.2. The van der Waals surface area contributed by atoms with Gasteiger partial charge in [-0.2, -0.15) is 0 Å². The van der Waals surface area contributed by atoms with Gasteiger partial charge in [0.25, 0.3) is 5.91 Å². The lowest BCUT2D eigenvalue weighted by Gasteiger charge is -2.33. The maximum Gasteiger partial charge on any atom is 0.255 e. The molecular formula is C20H30ClN3O3. The summed E-state index contributed by atoms with van der Waals surface area (Å²) in [7, 11) is 1.54. The molecule has 2 fully saturated rings. The van der Waals surface area contributed by atoms with Crippen LogP contribution in [0.25, 0.3) is 0 Å². The SMILES string of the molecule is COc1ccccc1C(=O)NC(C(=O)N1C2CCNCC1CC2)C(C)C.Cl. The Labute approximate surface area is 167 Å². The first kappa shape index (κ1) is 21.5. The summed E-state index contributed by atoms with van der Waals surface area (Å²) in [6, 6.07) is 7.07. The normalized spacial score (nSPS) is 22.6. The second-order valence-electron chi connectivity index (χ2n) is 7.52. The molecule has 0 saturated carbocycles. The van der Waals surface area contributed by atoms with Gasteiger partial charge < -0.3 is 20.3 Å². The Hall–Kier alpha value is -1.79. The number of ether oxygens (including phenoxy) is 1. The van der Waals surface area contributed by atoms with Crippen LogP contribution in [-0.2, 0) is 4.79 Å². The number of carbonyl (C=O) groups is 2. The fourth-order valence-corrected chi connectivity index (χ4v) is 4.07. The first-order chi connectivity index (χ1) is 12.5. The number of rotatable bonds is 5.